The lowest BCUT2D eigenvalue weighted by Gasteiger charge is -2.34. The molecule has 1 fully saturated rings. The summed E-state index contributed by atoms with van der Waals surface area (Å²) in [6, 6.07) is 12.1. The third kappa shape index (κ3) is 5.41. The van der Waals surface area contributed by atoms with E-state index in [4.69, 9.17) is 5.14 Å². The molecular formula is C27H25BBrFN4O4S2. The van der Waals surface area contributed by atoms with Crippen molar-refractivity contribution in [2.24, 2.45) is 11.1 Å². The number of nitrogens with zero attached hydrogens (tertiary/aromatic N) is 3. The Labute approximate surface area is 244 Å². The molecule has 0 unspecified atom stereocenters. The fraction of sp³-hybridized carbons (Fsp3) is 0.222. The first-order valence-electron chi connectivity index (χ1n) is 12.7. The van der Waals surface area contributed by atoms with Crippen LogP contribution in [0.25, 0.3) is 5.57 Å². The summed E-state index contributed by atoms with van der Waals surface area (Å²) in [5.41, 5.74) is 5.77. The van der Waals surface area contributed by atoms with E-state index in [2.05, 4.69) is 38.0 Å². The van der Waals surface area contributed by atoms with Crippen LogP contribution in [0.5, 0.6) is 0 Å². The van der Waals surface area contributed by atoms with Gasteiger partial charge in [0.15, 0.2) is 5.13 Å². The van der Waals surface area contributed by atoms with E-state index in [0.29, 0.717) is 29.7 Å². The zero-order valence-electron chi connectivity index (χ0n) is 21.2. The normalized spacial score (nSPS) is 17.2. The minimum absolute atomic E-state index is 0.182. The number of hydrogen-bond donors (Lipinski definition) is 3. The van der Waals surface area contributed by atoms with Gasteiger partial charge in [0, 0.05) is 27.7 Å². The topological polar surface area (TPSA) is 120 Å². The molecule has 3 aliphatic rings. The number of halogens is 2. The molecule has 0 radical (unpaired) electrons. The third-order valence-corrected chi connectivity index (χ3v) is 9.52. The van der Waals surface area contributed by atoms with Crippen molar-refractivity contribution >= 4 is 60.7 Å². The average molecular weight is 643 g/mol. The molecule has 2 aliphatic heterocycles. The number of rotatable bonds is 8. The molecule has 0 atom stereocenters. The van der Waals surface area contributed by atoms with Crippen LogP contribution >= 0.6 is 27.3 Å². The lowest BCUT2D eigenvalue weighted by Crippen LogP contribution is -2.32. The standard InChI is InChI=1S/C27H25BBrFN4O4S2/c29-19-3-1-2-18(12-19)21-14-34(27-32-25(15-39-27)28(35)36)23-8-7-20(10-16-4-5-16)33(26(21)23)13-17-6-9-24(22(30)11-17)40(31,37)38/h1-3,6-9,11-12,15-16,35-36H,4-5,10,13-14H2,(H2,31,37,38). The number of hydrogen-bond acceptors (Lipinski definition) is 8. The number of anilines is 1. The number of aromatic nitrogens is 1. The summed E-state index contributed by atoms with van der Waals surface area (Å²) < 4.78 is 39.3. The summed E-state index contributed by atoms with van der Waals surface area (Å²) >= 11 is 4.91. The van der Waals surface area contributed by atoms with Crippen molar-refractivity contribution < 1.29 is 22.9 Å². The van der Waals surface area contributed by atoms with Crippen LogP contribution in [0.2, 0.25) is 0 Å². The predicted octanol–water partition coefficient (Wildman–Crippen LogP) is 3.69. The Bertz CT molecular complexity index is 1700. The van der Waals surface area contributed by atoms with E-state index in [1.165, 1.54) is 23.5 Å². The fourth-order valence-electron chi connectivity index (χ4n) is 5.11. The number of nitrogens with two attached hydrogens (primary N) is 1. The molecule has 0 bridgehead atoms. The van der Waals surface area contributed by atoms with Crippen LogP contribution in [0, 0.1) is 11.7 Å². The van der Waals surface area contributed by atoms with Crippen LogP contribution in [0.4, 0.5) is 9.52 Å². The van der Waals surface area contributed by atoms with Crippen molar-refractivity contribution in [3.05, 3.63) is 98.5 Å². The van der Waals surface area contributed by atoms with Gasteiger partial charge in [-0.25, -0.2) is 22.9 Å². The maximum atomic E-state index is 14.8. The van der Waals surface area contributed by atoms with Gasteiger partial charge in [-0.2, -0.15) is 0 Å². The number of fused-ring (bicyclic) bond motifs is 1. The van der Waals surface area contributed by atoms with E-state index in [0.717, 1.165) is 52.0 Å². The van der Waals surface area contributed by atoms with Gasteiger partial charge in [-0.1, -0.05) is 34.1 Å². The smallest absolute Gasteiger partial charge is 0.422 e. The Hall–Kier alpha value is -2.81. The maximum Gasteiger partial charge on any atom is 0.509 e. The summed E-state index contributed by atoms with van der Waals surface area (Å²) in [6.45, 7) is 0.808. The van der Waals surface area contributed by atoms with Gasteiger partial charge in [0.25, 0.3) is 0 Å². The highest BCUT2D eigenvalue weighted by Gasteiger charge is 2.38. The SMILES string of the molecule is NS(=O)(=O)c1ccc(CN2C(CC3CC3)=CC=C3C2=C(c2cccc(Br)c2)CN3c2nc(B(O)O)cs2)cc1F. The van der Waals surface area contributed by atoms with E-state index in [1.807, 2.05) is 29.2 Å². The highest BCUT2D eigenvalue weighted by atomic mass is 79.9. The molecule has 2 aromatic carbocycles. The minimum atomic E-state index is -4.18. The van der Waals surface area contributed by atoms with Crippen molar-refractivity contribution in [2.75, 3.05) is 11.4 Å². The van der Waals surface area contributed by atoms with Crippen LogP contribution in [-0.4, -0.2) is 42.0 Å². The molecule has 1 aliphatic carbocycles. The third-order valence-electron chi connectivity index (χ3n) is 7.20. The van der Waals surface area contributed by atoms with Gasteiger partial charge in [0.2, 0.25) is 10.0 Å². The molecule has 1 aromatic heterocycles. The molecule has 1 saturated carbocycles. The zero-order valence-corrected chi connectivity index (χ0v) is 24.4. The molecule has 0 amide bonds. The lowest BCUT2D eigenvalue weighted by molar-refractivity contribution is 0.400. The highest BCUT2D eigenvalue weighted by molar-refractivity contribution is 9.10. The summed E-state index contributed by atoms with van der Waals surface area (Å²) in [5.74, 6) is -0.294. The molecule has 0 spiro atoms. The summed E-state index contributed by atoms with van der Waals surface area (Å²) in [7, 11) is -5.84. The van der Waals surface area contributed by atoms with Crippen molar-refractivity contribution in [1.82, 2.24) is 9.88 Å². The first-order valence-corrected chi connectivity index (χ1v) is 15.9. The average Bonchev–Trinajstić information content (AvgIpc) is 3.41. The van der Waals surface area contributed by atoms with E-state index in [-0.39, 0.29) is 5.59 Å². The monoisotopic (exact) mass is 642 g/mol. The van der Waals surface area contributed by atoms with Gasteiger partial charge < -0.3 is 19.8 Å². The van der Waals surface area contributed by atoms with Crippen LogP contribution in [0.15, 0.2) is 86.5 Å². The van der Waals surface area contributed by atoms with Gasteiger partial charge in [0.1, 0.15) is 10.7 Å². The molecule has 40 heavy (non-hydrogen) atoms. The number of sulfonamides is 1. The molecule has 4 N–H and O–H groups in total. The largest absolute Gasteiger partial charge is 0.509 e. The second-order valence-electron chi connectivity index (χ2n) is 10.1. The molecule has 8 nitrogen and oxygen atoms in total. The Balaban J connectivity index is 1.46. The van der Waals surface area contributed by atoms with E-state index in [1.54, 1.807) is 11.4 Å². The fourth-order valence-corrected chi connectivity index (χ4v) is 6.94. The van der Waals surface area contributed by atoms with Gasteiger partial charge in [-0.3, -0.25) is 0 Å². The van der Waals surface area contributed by atoms with E-state index < -0.39 is 27.9 Å². The molecule has 13 heteroatoms. The van der Waals surface area contributed by atoms with Crippen molar-refractivity contribution in [2.45, 2.75) is 30.7 Å². The Morgan fingerprint density at radius 1 is 1.18 bits per heavy atom. The van der Waals surface area contributed by atoms with E-state index in [9.17, 15) is 22.9 Å². The first kappa shape index (κ1) is 27.4. The maximum absolute atomic E-state index is 14.8. The Morgan fingerprint density at radius 3 is 2.62 bits per heavy atom. The quantitative estimate of drug-likeness (QED) is 0.321. The second-order valence-corrected chi connectivity index (χ2v) is 13.4. The van der Waals surface area contributed by atoms with Gasteiger partial charge in [-0.05, 0) is 72.7 Å². The van der Waals surface area contributed by atoms with Crippen LogP contribution in [-0.2, 0) is 16.6 Å². The van der Waals surface area contributed by atoms with Crippen LogP contribution in [0.1, 0.15) is 30.4 Å². The van der Waals surface area contributed by atoms with Gasteiger partial charge >= 0.3 is 7.12 Å². The Kier molecular flexibility index (Phi) is 7.22. The summed E-state index contributed by atoms with van der Waals surface area (Å²) in [4.78, 5) is 8.17. The number of benzene rings is 2. The lowest BCUT2D eigenvalue weighted by atomic mass is 9.88. The minimum Gasteiger partial charge on any atom is -0.422 e. The van der Waals surface area contributed by atoms with Crippen LogP contribution in [0.3, 0.4) is 0 Å². The van der Waals surface area contributed by atoms with Crippen molar-refractivity contribution in [3.8, 4) is 0 Å². The molecule has 206 valence electrons. The van der Waals surface area contributed by atoms with Gasteiger partial charge in [0.05, 0.1) is 23.5 Å². The molecule has 0 saturated heterocycles. The Morgan fingerprint density at radius 2 is 1.98 bits per heavy atom. The molecule has 6 rings (SSSR count). The zero-order chi connectivity index (χ0) is 28.2. The number of allylic oxidation sites excluding steroid dienone is 3. The summed E-state index contributed by atoms with van der Waals surface area (Å²) in [5, 5.41) is 26.7. The van der Waals surface area contributed by atoms with Crippen LogP contribution < -0.4 is 15.6 Å². The molecule has 3 heterocycles. The summed E-state index contributed by atoms with van der Waals surface area (Å²) in [6.07, 6.45) is 7.34. The van der Waals surface area contributed by atoms with Crippen molar-refractivity contribution in [1.29, 1.82) is 0 Å². The highest BCUT2D eigenvalue weighted by Crippen LogP contribution is 2.46. The van der Waals surface area contributed by atoms with Crippen molar-refractivity contribution in [3.63, 3.8) is 0 Å². The first-order chi connectivity index (χ1) is 19.1. The van der Waals surface area contributed by atoms with E-state index >= 15 is 0 Å². The number of thiazole rings is 1. The van der Waals surface area contributed by atoms with Gasteiger partial charge in [-0.15, -0.1) is 11.3 Å². The number of primary sulfonamides is 1. The predicted molar refractivity (Wildman–Crippen MR) is 157 cm³/mol. The molecule has 3 aromatic rings. The second kappa shape index (κ2) is 10.5. The molecular weight excluding hydrogens is 618 g/mol.